The van der Waals surface area contributed by atoms with Crippen molar-refractivity contribution in [2.45, 2.75) is 32.8 Å². The molecule has 0 saturated carbocycles. The topological polar surface area (TPSA) is 91.9 Å². The van der Waals surface area contributed by atoms with Crippen LogP contribution in [0.4, 0.5) is 26.3 Å². The van der Waals surface area contributed by atoms with Gasteiger partial charge < -0.3 is 28.5 Å². The van der Waals surface area contributed by atoms with Crippen LogP contribution in [0.3, 0.4) is 0 Å². The van der Waals surface area contributed by atoms with Crippen molar-refractivity contribution in [2.24, 2.45) is 14.1 Å². The van der Waals surface area contributed by atoms with Gasteiger partial charge in [0.25, 0.3) is 0 Å². The molecular weight excluding hydrogens is 634 g/mol. The third kappa shape index (κ3) is 7.64. The summed E-state index contributed by atoms with van der Waals surface area (Å²) in [5.74, 6) is -1.81. The molecule has 5 aromatic rings. The summed E-state index contributed by atoms with van der Waals surface area (Å²) >= 11 is 0. The van der Waals surface area contributed by atoms with Crippen molar-refractivity contribution in [2.75, 3.05) is 13.2 Å². The fourth-order valence-corrected chi connectivity index (χ4v) is 4.92. The van der Waals surface area contributed by atoms with Gasteiger partial charge in [0.1, 0.15) is 29.5 Å². The zero-order valence-corrected chi connectivity index (χ0v) is 25.6. The van der Waals surface area contributed by atoms with E-state index in [1.807, 2.05) is 30.3 Å². The molecule has 0 aliphatic carbocycles. The Hall–Kier alpha value is -5.14. The predicted molar refractivity (Wildman–Crippen MR) is 160 cm³/mol. The third-order valence-corrected chi connectivity index (χ3v) is 7.11. The fraction of sp³-hybridized carbons (Fsp3) is 0.273. The largest absolute Gasteiger partial charge is 0.508 e. The van der Waals surface area contributed by atoms with Gasteiger partial charge in [0.15, 0.2) is 0 Å². The van der Waals surface area contributed by atoms with Crippen molar-refractivity contribution >= 4 is 33.7 Å². The molecule has 2 aromatic heterocycles. The first-order valence-corrected chi connectivity index (χ1v) is 14.2. The van der Waals surface area contributed by atoms with E-state index < -0.39 is 41.2 Å². The van der Waals surface area contributed by atoms with Crippen molar-refractivity contribution in [3.8, 4) is 11.5 Å². The number of phenolic OH excluding ortho intramolecular Hbond substituents is 1. The van der Waals surface area contributed by atoms with Crippen LogP contribution in [0.1, 0.15) is 51.5 Å². The lowest BCUT2D eigenvalue weighted by atomic mass is 10.1. The summed E-state index contributed by atoms with van der Waals surface area (Å²) in [6.45, 7) is 3.64. The number of aromatic hydroxyl groups is 1. The number of hydrogen-bond donors (Lipinski definition) is 1. The van der Waals surface area contributed by atoms with E-state index >= 15 is 0 Å². The predicted octanol–water partition coefficient (Wildman–Crippen LogP) is 8.03. The van der Waals surface area contributed by atoms with Gasteiger partial charge in [-0.1, -0.05) is 30.3 Å². The number of rotatable bonds is 7. The van der Waals surface area contributed by atoms with Crippen LogP contribution in [0, 0.1) is 0 Å². The van der Waals surface area contributed by atoms with E-state index in [-0.39, 0.29) is 58.8 Å². The molecule has 0 spiro atoms. The highest BCUT2D eigenvalue weighted by atomic mass is 19.4. The summed E-state index contributed by atoms with van der Waals surface area (Å²) in [5, 5.41) is 9.20. The van der Waals surface area contributed by atoms with Crippen LogP contribution in [-0.4, -0.2) is 39.4 Å². The molecule has 3 aromatic carbocycles. The highest BCUT2D eigenvalue weighted by Crippen LogP contribution is 2.40. The average molecular weight is 665 g/mol. The van der Waals surface area contributed by atoms with Crippen LogP contribution in [0.25, 0.3) is 21.8 Å². The van der Waals surface area contributed by atoms with Crippen LogP contribution < -0.4 is 4.74 Å². The second-order valence-corrected chi connectivity index (χ2v) is 10.2. The van der Waals surface area contributed by atoms with Gasteiger partial charge >= 0.3 is 24.3 Å². The Morgan fingerprint density at radius 1 is 0.702 bits per heavy atom. The van der Waals surface area contributed by atoms with Crippen molar-refractivity contribution in [1.29, 1.82) is 0 Å². The molecule has 0 fully saturated rings. The van der Waals surface area contributed by atoms with Gasteiger partial charge in [0.05, 0.1) is 35.4 Å². The van der Waals surface area contributed by atoms with E-state index in [1.165, 1.54) is 41.4 Å². The number of phenols is 1. The van der Waals surface area contributed by atoms with Crippen molar-refractivity contribution < 1.29 is 55.2 Å². The molecule has 0 amide bonds. The molecule has 1 N–H and O–H groups in total. The summed E-state index contributed by atoms with van der Waals surface area (Å²) in [6.07, 6.45) is -9.21. The van der Waals surface area contributed by atoms with Crippen LogP contribution in [0.5, 0.6) is 11.5 Å². The van der Waals surface area contributed by atoms with E-state index in [9.17, 15) is 41.0 Å². The van der Waals surface area contributed by atoms with E-state index in [0.717, 1.165) is 17.7 Å². The van der Waals surface area contributed by atoms with Crippen LogP contribution >= 0.6 is 0 Å². The minimum absolute atomic E-state index is 0.00190. The third-order valence-electron chi connectivity index (χ3n) is 7.11. The molecule has 5 rings (SSSR count). The number of ether oxygens (including phenoxy) is 3. The van der Waals surface area contributed by atoms with Crippen molar-refractivity contribution in [1.82, 2.24) is 9.13 Å². The Kier molecular flexibility index (Phi) is 10.1. The Labute approximate surface area is 264 Å². The molecule has 0 atom stereocenters. The Bertz CT molecular complexity index is 1910. The van der Waals surface area contributed by atoms with Crippen LogP contribution in [0.2, 0.25) is 0 Å². The van der Waals surface area contributed by atoms with E-state index in [0.29, 0.717) is 6.07 Å². The second-order valence-electron chi connectivity index (χ2n) is 10.2. The summed E-state index contributed by atoms with van der Waals surface area (Å²) in [4.78, 5) is 23.7. The minimum Gasteiger partial charge on any atom is -0.508 e. The molecule has 8 nitrogen and oxygen atoms in total. The number of aromatic nitrogens is 2. The maximum Gasteiger partial charge on any atom is 0.417 e. The lowest BCUT2D eigenvalue weighted by Crippen LogP contribution is -2.09. The maximum absolute atomic E-state index is 13.6. The molecule has 47 heavy (non-hydrogen) atoms. The van der Waals surface area contributed by atoms with Crippen molar-refractivity contribution in [3.05, 3.63) is 94.8 Å². The summed E-state index contributed by atoms with van der Waals surface area (Å²) in [5.41, 5.74) is -0.593. The van der Waals surface area contributed by atoms with Gasteiger partial charge in [0, 0.05) is 37.0 Å². The first kappa shape index (κ1) is 34.7. The summed E-state index contributed by atoms with van der Waals surface area (Å²) in [7, 11) is 2.96. The van der Waals surface area contributed by atoms with E-state index in [2.05, 4.69) is 0 Å². The zero-order chi connectivity index (χ0) is 34.7. The summed E-state index contributed by atoms with van der Waals surface area (Å²) < 4.78 is 97.5. The monoisotopic (exact) mass is 664 g/mol. The number of nitrogens with zero attached hydrogens (tertiary/aromatic N) is 2. The molecule has 0 bridgehead atoms. The Balaban J connectivity index is 0.000000223. The van der Waals surface area contributed by atoms with Gasteiger partial charge in [-0.2, -0.15) is 26.3 Å². The second kappa shape index (κ2) is 13.7. The number of benzene rings is 3. The molecular formula is C33H30F6N2O6. The lowest BCUT2D eigenvalue weighted by molar-refractivity contribution is -0.137. The minimum atomic E-state index is -4.62. The molecule has 0 unspecified atom stereocenters. The number of halogens is 6. The Morgan fingerprint density at radius 3 is 1.64 bits per heavy atom. The number of esters is 2. The highest BCUT2D eigenvalue weighted by Gasteiger charge is 2.36. The number of hydrogen-bond acceptors (Lipinski definition) is 6. The first-order valence-electron chi connectivity index (χ1n) is 14.2. The molecule has 0 aliphatic rings. The molecule has 250 valence electrons. The SMILES string of the molecule is CCOC(=O)c1cc2c(C(F)(F)F)cc(O)cc2n1C.CCOC(=O)c1cc2c(C(F)(F)F)cc(OCc3ccccc3)cc2n1C. The van der Waals surface area contributed by atoms with Gasteiger partial charge in [-0.3, -0.25) is 0 Å². The Morgan fingerprint density at radius 2 is 1.17 bits per heavy atom. The maximum atomic E-state index is 13.6. The van der Waals surface area contributed by atoms with Crippen LogP contribution in [0.15, 0.2) is 66.7 Å². The molecule has 0 saturated heterocycles. The van der Waals surface area contributed by atoms with Gasteiger partial charge in [-0.05, 0) is 43.7 Å². The molecule has 2 heterocycles. The standard InChI is InChI=1S/C20H18F3NO3.C13H12F3NO3/c1-3-26-19(25)18-11-15-16(20(21,22)23)9-14(10-17(15)24(18)2)27-12-13-7-5-4-6-8-13;1-3-20-12(19)11-6-8-9(13(14,15)16)4-7(18)5-10(8)17(11)2/h4-11H,3,12H2,1-2H3;4-6,18H,3H2,1-2H3. The van der Waals surface area contributed by atoms with Gasteiger partial charge in [0.2, 0.25) is 0 Å². The van der Waals surface area contributed by atoms with Crippen molar-refractivity contribution in [3.63, 3.8) is 0 Å². The fourth-order valence-electron chi connectivity index (χ4n) is 4.92. The number of carbonyl (C=O) groups excluding carboxylic acids is 2. The van der Waals surface area contributed by atoms with E-state index in [1.54, 1.807) is 13.8 Å². The molecule has 14 heteroatoms. The smallest absolute Gasteiger partial charge is 0.417 e. The number of alkyl halides is 6. The van der Waals surface area contributed by atoms with E-state index in [4.69, 9.17) is 14.2 Å². The normalized spacial score (nSPS) is 11.7. The lowest BCUT2D eigenvalue weighted by Gasteiger charge is -2.13. The quantitative estimate of drug-likeness (QED) is 0.140. The number of aryl methyl sites for hydroxylation is 2. The number of carbonyl (C=O) groups is 2. The summed E-state index contributed by atoms with van der Waals surface area (Å²) in [6, 6.07) is 15.7. The zero-order valence-electron chi connectivity index (χ0n) is 25.6. The highest BCUT2D eigenvalue weighted by molar-refractivity contribution is 5.98. The van der Waals surface area contributed by atoms with Gasteiger partial charge in [-0.15, -0.1) is 0 Å². The molecule has 0 aliphatic heterocycles. The van der Waals surface area contributed by atoms with Gasteiger partial charge in [-0.25, -0.2) is 9.59 Å². The average Bonchev–Trinajstić information content (AvgIpc) is 3.52. The first-order chi connectivity index (χ1) is 22.1. The molecule has 0 radical (unpaired) electrons. The number of fused-ring (bicyclic) bond motifs is 2. The van der Waals surface area contributed by atoms with Crippen LogP contribution in [-0.2, 0) is 42.5 Å².